The number of nitrogens with zero attached hydrogens (tertiary/aromatic N) is 1. The van der Waals surface area contributed by atoms with Crippen LogP contribution in [0, 0.1) is 5.92 Å². The minimum atomic E-state index is -0.106. The fourth-order valence-corrected chi connectivity index (χ4v) is 4.88. The van der Waals surface area contributed by atoms with Crippen molar-refractivity contribution in [3.63, 3.8) is 0 Å². The van der Waals surface area contributed by atoms with Gasteiger partial charge in [-0.05, 0) is 88.0 Å². The molecule has 0 bridgehead atoms. The van der Waals surface area contributed by atoms with Gasteiger partial charge in [0.05, 0.1) is 13.0 Å². The molecule has 1 saturated heterocycles. The molecule has 0 saturated carbocycles. The predicted octanol–water partition coefficient (Wildman–Crippen LogP) is 5.49. The van der Waals surface area contributed by atoms with Crippen molar-refractivity contribution in [2.24, 2.45) is 5.92 Å². The molecule has 0 aliphatic carbocycles. The summed E-state index contributed by atoms with van der Waals surface area (Å²) in [6, 6.07) is 19.4. The zero-order chi connectivity index (χ0) is 21.7. The highest BCUT2D eigenvalue weighted by molar-refractivity contribution is 7.99. The zero-order valence-corrected chi connectivity index (χ0v) is 19.5. The fraction of sp³-hybridized carbons (Fsp3) is 0.500. The lowest BCUT2D eigenvalue weighted by Gasteiger charge is -2.32. The number of hydrogen-bond acceptors (Lipinski definition) is 5. The number of esters is 1. The van der Waals surface area contributed by atoms with Gasteiger partial charge in [-0.15, -0.1) is 11.8 Å². The Morgan fingerprint density at radius 3 is 2.55 bits per heavy atom. The number of nitrogens with one attached hydrogen (secondary N) is 1. The van der Waals surface area contributed by atoms with Gasteiger partial charge in [-0.25, -0.2) is 0 Å². The van der Waals surface area contributed by atoms with Crippen molar-refractivity contribution in [2.75, 3.05) is 43.9 Å². The topological polar surface area (TPSA) is 41.6 Å². The van der Waals surface area contributed by atoms with E-state index in [0.717, 1.165) is 18.2 Å². The Balaban J connectivity index is 1.28. The van der Waals surface area contributed by atoms with Crippen LogP contribution >= 0.6 is 11.8 Å². The van der Waals surface area contributed by atoms with Crippen LogP contribution in [0.15, 0.2) is 59.5 Å². The summed E-state index contributed by atoms with van der Waals surface area (Å²) < 4.78 is 4.98. The van der Waals surface area contributed by atoms with Crippen LogP contribution in [-0.4, -0.2) is 49.4 Å². The summed E-state index contributed by atoms with van der Waals surface area (Å²) in [6.45, 7) is 6.97. The van der Waals surface area contributed by atoms with Crippen LogP contribution in [0.2, 0.25) is 0 Å². The summed E-state index contributed by atoms with van der Waals surface area (Å²) >= 11 is 1.72. The highest BCUT2D eigenvalue weighted by atomic mass is 32.2. The molecule has 0 unspecified atom stereocenters. The summed E-state index contributed by atoms with van der Waals surface area (Å²) in [6.07, 6.45) is 5.43. The number of carbonyl (C=O) groups is 1. The Bertz CT molecular complexity index is 759. The minimum Gasteiger partial charge on any atom is -0.466 e. The Labute approximate surface area is 191 Å². The van der Waals surface area contributed by atoms with Gasteiger partial charge in [-0.1, -0.05) is 30.3 Å². The van der Waals surface area contributed by atoms with Gasteiger partial charge in [0.2, 0.25) is 0 Å². The number of thioether (sulfide) groups is 1. The number of hydrogen-bond donors (Lipinski definition) is 1. The molecule has 1 fully saturated rings. The smallest absolute Gasteiger partial charge is 0.306 e. The van der Waals surface area contributed by atoms with E-state index in [9.17, 15) is 4.79 Å². The maximum absolute atomic E-state index is 11.4. The first-order valence-corrected chi connectivity index (χ1v) is 12.6. The summed E-state index contributed by atoms with van der Waals surface area (Å²) in [5.41, 5.74) is 2.64. The number of likely N-dealkylation sites (tertiary alicyclic amines) is 1. The van der Waals surface area contributed by atoms with Crippen molar-refractivity contribution in [1.82, 2.24) is 4.90 Å². The molecule has 1 N–H and O–H groups in total. The number of ether oxygens (including phenoxy) is 1. The second kappa shape index (κ2) is 13.4. The first kappa shape index (κ1) is 23.7. The molecule has 31 heavy (non-hydrogen) atoms. The molecule has 0 radical (unpaired) electrons. The van der Waals surface area contributed by atoms with Crippen LogP contribution < -0.4 is 5.32 Å². The van der Waals surface area contributed by atoms with Crippen LogP contribution in [-0.2, 0) is 16.0 Å². The van der Waals surface area contributed by atoms with Crippen LogP contribution in [0.5, 0.6) is 0 Å². The number of anilines is 1. The largest absolute Gasteiger partial charge is 0.466 e. The first-order valence-electron chi connectivity index (χ1n) is 11.6. The first-order chi connectivity index (χ1) is 15.2. The van der Waals surface area contributed by atoms with Crippen LogP contribution in [0.1, 0.15) is 38.2 Å². The molecule has 0 amide bonds. The molecule has 4 nitrogen and oxygen atoms in total. The molecular formula is C26H36N2O2S. The van der Waals surface area contributed by atoms with Crippen molar-refractivity contribution in [3.8, 4) is 0 Å². The van der Waals surface area contributed by atoms with Crippen molar-refractivity contribution >= 4 is 23.4 Å². The summed E-state index contributed by atoms with van der Waals surface area (Å²) in [7, 11) is 0. The molecule has 1 aliphatic rings. The summed E-state index contributed by atoms with van der Waals surface area (Å²) in [4.78, 5) is 15.3. The average Bonchev–Trinajstić information content (AvgIpc) is 2.80. The average molecular weight is 441 g/mol. The van der Waals surface area contributed by atoms with Gasteiger partial charge < -0.3 is 15.0 Å². The van der Waals surface area contributed by atoms with Gasteiger partial charge in [0, 0.05) is 22.9 Å². The third-order valence-corrected chi connectivity index (χ3v) is 6.80. The van der Waals surface area contributed by atoms with E-state index >= 15 is 0 Å². The quantitative estimate of drug-likeness (QED) is 0.269. The second-order valence-electron chi connectivity index (χ2n) is 8.18. The van der Waals surface area contributed by atoms with E-state index in [1.165, 1.54) is 61.5 Å². The second-order valence-corrected chi connectivity index (χ2v) is 9.35. The molecule has 1 heterocycles. The predicted molar refractivity (Wildman–Crippen MR) is 131 cm³/mol. The van der Waals surface area contributed by atoms with E-state index in [0.29, 0.717) is 13.0 Å². The molecule has 2 aromatic rings. The molecule has 3 rings (SSSR count). The van der Waals surface area contributed by atoms with E-state index < -0.39 is 0 Å². The maximum atomic E-state index is 11.4. The Kier molecular flexibility index (Phi) is 10.3. The standard InChI is InChI=1S/C26H36N2O2S/c1-2-30-26(29)15-20-31-25-11-9-22(10-12-25)21-23-13-18-28(19-14-23)17-6-16-27-24-7-4-3-5-8-24/h3-5,7-12,23,27H,2,6,13-21H2,1H3. The molecular weight excluding hydrogens is 404 g/mol. The lowest BCUT2D eigenvalue weighted by molar-refractivity contribution is -0.142. The Morgan fingerprint density at radius 1 is 1.10 bits per heavy atom. The van der Waals surface area contributed by atoms with E-state index in [4.69, 9.17) is 4.74 Å². The molecule has 0 aromatic heterocycles. The van der Waals surface area contributed by atoms with E-state index in [-0.39, 0.29) is 5.97 Å². The number of rotatable bonds is 12. The minimum absolute atomic E-state index is 0.106. The number of piperidine rings is 1. The molecule has 2 aromatic carbocycles. The van der Waals surface area contributed by atoms with Crippen LogP contribution in [0.3, 0.4) is 0 Å². The number of para-hydroxylation sites is 1. The summed E-state index contributed by atoms with van der Waals surface area (Å²) in [5.74, 6) is 1.46. The SMILES string of the molecule is CCOC(=O)CCSc1ccc(CC2CCN(CCCNc3ccccc3)CC2)cc1. The van der Waals surface area contributed by atoms with Gasteiger partial charge in [-0.2, -0.15) is 0 Å². The molecule has 0 atom stereocenters. The van der Waals surface area contributed by atoms with Gasteiger partial charge in [0.25, 0.3) is 0 Å². The van der Waals surface area contributed by atoms with E-state index in [1.807, 2.05) is 6.92 Å². The zero-order valence-electron chi connectivity index (χ0n) is 18.7. The van der Waals surface area contributed by atoms with Crippen LogP contribution in [0.25, 0.3) is 0 Å². The monoisotopic (exact) mass is 440 g/mol. The van der Waals surface area contributed by atoms with Crippen molar-refractivity contribution < 1.29 is 9.53 Å². The lowest BCUT2D eigenvalue weighted by Crippen LogP contribution is -2.35. The van der Waals surface area contributed by atoms with Gasteiger partial charge in [0.1, 0.15) is 0 Å². The van der Waals surface area contributed by atoms with Crippen molar-refractivity contribution in [2.45, 2.75) is 43.9 Å². The van der Waals surface area contributed by atoms with Gasteiger partial charge >= 0.3 is 5.97 Å². The third-order valence-electron chi connectivity index (χ3n) is 5.79. The maximum Gasteiger partial charge on any atom is 0.306 e. The highest BCUT2D eigenvalue weighted by Gasteiger charge is 2.19. The number of benzene rings is 2. The molecule has 0 spiro atoms. The Hall–Kier alpha value is -1.98. The van der Waals surface area contributed by atoms with Crippen molar-refractivity contribution in [3.05, 3.63) is 60.2 Å². The van der Waals surface area contributed by atoms with E-state index in [2.05, 4.69) is 64.8 Å². The molecule has 5 heteroatoms. The molecule has 168 valence electrons. The van der Waals surface area contributed by atoms with Gasteiger partial charge in [0.15, 0.2) is 0 Å². The summed E-state index contributed by atoms with van der Waals surface area (Å²) in [5, 5.41) is 3.50. The van der Waals surface area contributed by atoms with Crippen LogP contribution in [0.4, 0.5) is 5.69 Å². The number of carbonyl (C=O) groups excluding carboxylic acids is 1. The van der Waals surface area contributed by atoms with Crippen molar-refractivity contribution in [1.29, 1.82) is 0 Å². The Morgan fingerprint density at radius 2 is 1.84 bits per heavy atom. The normalized spacial score (nSPS) is 15.0. The van der Waals surface area contributed by atoms with E-state index in [1.54, 1.807) is 11.8 Å². The lowest BCUT2D eigenvalue weighted by atomic mass is 9.90. The highest BCUT2D eigenvalue weighted by Crippen LogP contribution is 2.24. The third kappa shape index (κ3) is 8.96. The van der Waals surface area contributed by atoms with Gasteiger partial charge in [-0.3, -0.25) is 4.79 Å². The molecule has 1 aliphatic heterocycles. The fourth-order valence-electron chi connectivity index (χ4n) is 4.05.